The van der Waals surface area contributed by atoms with Gasteiger partial charge in [-0.15, -0.1) is 0 Å². The van der Waals surface area contributed by atoms with E-state index in [9.17, 15) is 18.0 Å². The SMILES string of the molecule is O=C(O)CCCc1cc(C(F)F)ccc1F. The summed E-state index contributed by atoms with van der Waals surface area (Å²) in [6.45, 7) is 0. The molecule has 0 amide bonds. The Hall–Kier alpha value is -1.52. The predicted octanol–water partition coefficient (Wildman–Crippen LogP) is 3.17. The van der Waals surface area contributed by atoms with E-state index in [4.69, 9.17) is 5.11 Å². The Bertz CT molecular complexity index is 377. The molecule has 0 aromatic heterocycles. The van der Waals surface area contributed by atoms with Crippen LogP contribution in [-0.4, -0.2) is 11.1 Å². The molecule has 0 aliphatic rings. The van der Waals surface area contributed by atoms with Crippen molar-refractivity contribution in [2.45, 2.75) is 25.7 Å². The number of hydrogen-bond donors (Lipinski definition) is 1. The molecule has 0 spiro atoms. The van der Waals surface area contributed by atoms with E-state index in [1.165, 1.54) is 0 Å². The first-order valence-corrected chi connectivity index (χ1v) is 4.79. The molecule has 1 N–H and O–H groups in total. The van der Waals surface area contributed by atoms with Gasteiger partial charge in [-0.3, -0.25) is 4.79 Å². The third kappa shape index (κ3) is 3.56. The molecule has 0 bridgehead atoms. The van der Waals surface area contributed by atoms with Gasteiger partial charge in [0.05, 0.1) is 0 Å². The number of halogens is 3. The summed E-state index contributed by atoms with van der Waals surface area (Å²) < 4.78 is 37.8. The maximum atomic E-state index is 13.2. The van der Waals surface area contributed by atoms with Crippen molar-refractivity contribution in [1.29, 1.82) is 0 Å². The van der Waals surface area contributed by atoms with Crippen LogP contribution < -0.4 is 0 Å². The first-order valence-electron chi connectivity index (χ1n) is 4.79. The van der Waals surface area contributed by atoms with E-state index in [1.807, 2.05) is 0 Å². The van der Waals surface area contributed by atoms with Gasteiger partial charge >= 0.3 is 5.97 Å². The minimum absolute atomic E-state index is 0.0989. The summed E-state index contributed by atoms with van der Waals surface area (Å²) in [4.78, 5) is 10.2. The Labute approximate surface area is 90.7 Å². The zero-order valence-corrected chi connectivity index (χ0v) is 8.42. The molecule has 0 fully saturated rings. The van der Waals surface area contributed by atoms with Crippen molar-refractivity contribution in [1.82, 2.24) is 0 Å². The second-order valence-electron chi connectivity index (χ2n) is 3.40. The fourth-order valence-electron chi connectivity index (χ4n) is 1.35. The van der Waals surface area contributed by atoms with E-state index < -0.39 is 18.2 Å². The van der Waals surface area contributed by atoms with Gasteiger partial charge in [-0.05, 0) is 30.5 Å². The average Bonchev–Trinajstić information content (AvgIpc) is 2.20. The molecule has 0 unspecified atom stereocenters. The summed E-state index contributed by atoms with van der Waals surface area (Å²) in [6, 6.07) is 3.10. The van der Waals surface area contributed by atoms with Crippen LogP contribution in [0.3, 0.4) is 0 Å². The fraction of sp³-hybridized carbons (Fsp3) is 0.364. The number of aliphatic carboxylic acids is 1. The molecule has 0 saturated carbocycles. The summed E-state index contributed by atoms with van der Waals surface area (Å²) in [7, 11) is 0. The zero-order chi connectivity index (χ0) is 12.1. The highest BCUT2D eigenvalue weighted by Crippen LogP contribution is 2.22. The second kappa shape index (κ2) is 5.53. The van der Waals surface area contributed by atoms with Crippen molar-refractivity contribution >= 4 is 5.97 Å². The fourth-order valence-corrected chi connectivity index (χ4v) is 1.35. The molecule has 0 aliphatic heterocycles. The number of alkyl halides is 2. The minimum Gasteiger partial charge on any atom is -0.481 e. The molecule has 2 nitrogen and oxygen atoms in total. The smallest absolute Gasteiger partial charge is 0.303 e. The normalized spacial score (nSPS) is 10.8. The van der Waals surface area contributed by atoms with E-state index in [2.05, 4.69) is 0 Å². The quantitative estimate of drug-likeness (QED) is 0.846. The lowest BCUT2D eigenvalue weighted by Crippen LogP contribution is -1.98. The Kier molecular flexibility index (Phi) is 4.34. The summed E-state index contributed by atoms with van der Waals surface area (Å²) in [5, 5.41) is 8.39. The first-order chi connectivity index (χ1) is 7.50. The van der Waals surface area contributed by atoms with Gasteiger partial charge in [0, 0.05) is 12.0 Å². The Morgan fingerprint density at radius 3 is 2.62 bits per heavy atom. The molecule has 0 saturated heterocycles. The van der Waals surface area contributed by atoms with Gasteiger partial charge in [0.25, 0.3) is 6.43 Å². The van der Waals surface area contributed by atoms with Gasteiger partial charge in [-0.2, -0.15) is 0 Å². The van der Waals surface area contributed by atoms with E-state index in [0.717, 1.165) is 18.2 Å². The van der Waals surface area contributed by atoms with E-state index in [1.54, 1.807) is 0 Å². The van der Waals surface area contributed by atoms with Crippen molar-refractivity contribution in [3.05, 3.63) is 35.1 Å². The van der Waals surface area contributed by atoms with Crippen LogP contribution in [0.25, 0.3) is 0 Å². The Balaban J connectivity index is 2.70. The zero-order valence-electron chi connectivity index (χ0n) is 8.42. The predicted molar refractivity (Wildman–Crippen MR) is 51.9 cm³/mol. The van der Waals surface area contributed by atoms with E-state index >= 15 is 0 Å². The highest BCUT2D eigenvalue weighted by atomic mass is 19.3. The third-order valence-corrected chi connectivity index (χ3v) is 2.16. The number of carboxylic acid groups (broad SMARTS) is 1. The molecule has 0 atom stereocenters. The maximum Gasteiger partial charge on any atom is 0.303 e. The molecular formula is C11H11F3O2. The standard InChI is InChI=1S/C11H11F3O2/c12-9-5-4-8(11(13)14)6-7(9)2-1-3-10(15)16/h4-6,11H,1-3H2,(H,15,16). The number of benzene rings is 1. The van der Waals surface area contributed by atoms with Gasteiger partial charge < -0.3 is 5.11 Å². The molecule has 0 aliphatic carbocycles. The molecule has 88 valence electrons. The van der Waals surface area contributed by atoms with Gasteiger partial charge in [-0.25, -0.2) is 13.2 Å². The lowest BCUT2D eigenvalue weighted by atomic mass is 10.0. The maximum absolute atomic E-state index is 13.2. The van der Waals surface area contributed by atoms with Crippen LogP contribution in [0, 0.1) is 5.82 Å². The molecule has 1 aromatic carbocycles. The van der Waals surface area contributed by atoms with Crippen molar-refractivity contribution in [3.63, 3.8) is 0 Å². The number of carbonyl (C=O) groups is 1. The van der Waals surface area contributed by atoms with Crippen molar-refractivity contribution in [3.8, 4) is 0 Å². The molecule has 1 rings (SSSR count). The monoisotopic (exact) mass is 232 g/mol. The van der Waals surface area contributed by atoms with Crippen LogP contribution in [0.15, 0.2) is 18.2 Å². The molecule has 0 radical (unpaired) electrons. The topological polar surface area (TPSA) is 37.3 Å². The van der Waals surface area contributed by atoms with Crippen LogP contribution in [0.2, 0.25) is 0 Å². The summed E-state index contributed by atoms with van der Waals surface area (Å²) in [5.41, 5.74) is -0.106. The van der Waals surface area contributed by atoms with Gasteiger partial charge in [-0.1, -0.05) is 6.07 Å². The first kappa shape index (κ1) is 12.5. The second-order valence-corrected chi connectivity index (χ2v) is 3.40. The molecule has 5 heteroatoms. The van der Waals surface area contributed by atoms with Crippen LogP contribution in [0.5, 0.6) is 0 Å². The number of rotatable bonds is 5. The molecule has 16 heavy (non-hydrogen) atoms. The number of aryl methyl sites for hydroxylation is 1. The van der Waals surface area contributed by atoms with Crippen LogP contribution in [0.4, 0.5) is 13.2 Å². The largest absolute Gasteiger partial charge is 0.481 e. The van der Waals surface area contributed by atoms with Crippen molar-refractivity contribution in [2.24, 2.45) is 0 Å². The highest BCUT2D eigenvalue weighted by Gasteiger charge is 2.10. The van der Waals surface area contributed by atoms with Gasteiger partial charge in [0.2, 0.25) is 0 Å². The summed E-state index contributed by atoms with van der Waals surface area (Å²) >= 11 is 0. The van der Waals surface area contributed by atoms with Crippen LogP contribution >= 0.6 is 0 Å². The van der Waals surface area contributed by atoms with Crippen LogP contribution in [-0.2, 0) is 11.2 Å². The van der Waals surface area contributed by atoms with Gasteiger partial charge in [0.15, 0.2) is 0 Å². The van der Waals surface area contributed by atoms with Crippen molar-refractivity contribution in [2.75, 3.05) is 0 Å². The number of hydrogen-bond acceptors (Lipinski definition) is 1. The lowest BCUT2D eigenvalue weighted by molar-refractivity contribution is -0.137. The Morgan fingerprint density at radius 1 is 1.38 bits per heavy atom. The van der Waals surface area contributed by atoms with Crippen LogP contribution in [0.1, 0.15) is 30.4 Å². The third-order valence-electron chi connectivity index (χ3n) is 2.16. The van der Waals surface area contributed by atoms with E-state index in [-0.39, 0.29) is 30.4 Å². The Morgan fingerprint density at radius 2 is 2.06 bits per heavy atom. The lowest BCUT2D eigenvalue weighted by Gasteiger charge is -2.05. The highest BCUT2D eigenvalue weighted by molar-refractivity contribution is 5.66. The molecular weight excluding hydrogens is 221 g/mol. The summed E-state index contributed by atoms with van der Waals surface area (Å²) in [6.07, 6.45) is -2.35. The average molecular weight is 232 g/mol. The molecule has 1 aromatic rings. The minimum atomic E-state index is -2.64. The number of carboxylic acids is 1. The van der Waals surface area contributed by atoms with Gasteiger partial charge in [0.1, 0.15) is 5.82 Å². The summed E-state index contributed by atoms with van der Waals surface area (Å²) in [5.74, 6) is -1.56. The van der Waals surface area contributed by atoms with E-state index in [0.29, 0.717) is 0 Å². The van der Waals surface area contributed by atoms with Crippen molar-refractivity contribution < 1.29 is 23.1 Å². The molecule has 0 heterocycles.